The minimum Gasteiger partial charge on any atom is -0.543 e. The van der Waals surface area contributed by atoms with Crippen molar-refractivity contribution in [2.75, 3.05) is 0 Å². The molecule has 0 spiro atoms. The number of carbonyl (C=O) groups is 1. The number of rotatable bonds is 1. The Hall–Kier alpha value is -1.03. The molecule has 0 radical (unpaired) electrons. The van der Waals surface area contributed by atoms with E-state index in [0.717, 1.165) is 0 Å². The Morgan fingerprint density at radius 1 is 1.71 bits per heavy atom. The van der Waals surface area contributed by atoms with Crippen LogP contribution in [0, 0.1) is 0 Å². The van der Waals surface area contributed by atoms with E-state index in [1.165, 1.54) is 0 Å². The largest absolute Gasteiger partial charge is 0.543 e. The van der Waals surface area contributed by atoms with Crippen LogP contribution in [0.1, 0.15) is 0 Å². The number of hydrogen-bond acceptors (Lipinski definition) is 3. The first kappa shape index (κ1) is 9.36. The average molecular weight is 104 g/mol. The molecule has 0 bridgehead atoms. The lowest BCUT2D eigenvalue weighted by molar-refractivity contribution is -0.299. The predicted molar refractivity (Wildman–Crippen MR) is 24.3 cm³/mol. The van der Waals surface area contributed by atoms with Crippen LogP contribution in [0.25, 0.3) is 0 Å². The SMILES string of the molecule is C=C(N)C(=O)[O-].[NH4+]. The number of aliphatic carboxylic acids is 1. The van der Waals surface area contributed by atoms with Crippen LogP contribution in [-0.2, 0) is 4.79 Å². The molecule has 0 saturated carbocycles. The average Bonchev–Trinajstić information content (AvgIpc) is 1.36. The highest BCUT2D eigenvalue weighted by molar-refractivity contribution is 5.82. The second-order valence-electron chi connectivity index (χ2n) is 0.813. The van der Waals surface area contributed by atoms with Crippen LogP contribution in [0.2, 0.25) is 0 Å². The Balaban J connectivity index is 0. The van der Waals surface area contributed by atoms with Gasteiger partial charge in [0.05, 0.1) is 5.97 Å². The van der Waals surface area contributed by atoms with E-state index in [1.54, 1.807) is 0 Å². The van der Waals surface area contributed by atoms with Crippen LogP contribution < -0.4 is 17.0 Å². The molecule has 0 fully saturated rings. The first-order valence-electron chi connectivity index (χ1n) is 1.30. The van der Waals surface area contributed by atoms with Gasteiger partial charge in [-0.15, -0.1) is 0 Å². The minimum absolute atomic E-state index is 0. The maximum absolute atomic E-state index is 9.36. The molecule has 0 aliphatic heterocycles. The van der Waals surface area contributed by atoms with E-state index in [4.69, 9.17) is 0 Å². The Bertz CT molecular complexity index is 76.9. The fourth-order valence-corrected chi connectivity index (χ4v) is 0. The molecule has 0 aromatic carbocycles. The zero-order chi connectivity index (χ0) is 5.15. The van der Waals surface area contributed by atoms with E-state index in [0.29, 0.717) is 0 Å². The maximum atomic E-state index is 9.36. The third-order valence-electron chi connectivity index (χ3n) is 0.262. The van der Waals surface area contributed by atoms with Gasteiger partial charge in [-0.05, 0) is 0 Å². The number of quaternary nitrogens is 1. The summed E-state index contributed by atoms with van der Waals surface area (Å²) in [4.78, 5) is 9.36. The topological polar surface area (TPSA) is 103 Å². The van der Waals surface area contributed by atoms with Gasteiger partial charge in [0.2, 0.25) is 0 Å². The van der Waals surface area contributed by atoms with E-state index in [9.17, 15) is 9.90 Å². The van der Waals surface area contributed by atoms with Crippen molar-refractivity contribution in [3.05, 3.63) is 12.3 Å². The summed E-state index contributed by atoms with van der Waals surface area (Å²) in [7, 11) is 0. The lowest BCUT2D eigenvalue weighted by Crippen LogP contribution is -2.27. The first-order chi connectivity index (χ1) is 2.64. The Kier molecular flexibility index (Phi) is 4.24. The van der Waals surface area contributed by atoms with Gasteiger partial charge in [0.15, 0.2) is 0 Å². The Morgan fingerprint density at radius 3 is 1.86 bits per heavy atom. The van der Waals surface area contributed by atoms with Crippen molar-refractivity contribution in [2.24, 2.45) is 5.73 Å². The molecule has 0 aliphatic rings. The highest BCUT2D eigenvalue weighted by Gasteiger charge is 1.76. The monoisotopic (exact) mass is 104 g/mol. The van der Waals surface area contributed by atoms with Crippen molar-refractivity contribution in [3.63, 3.8) is 0 Å². The predicted octanol–water partition coefficient (Wildman–Crippen LogP) is -1.42. The number of carboxylic acid groups (broad SMARTS) is 1. The van der Waals surface area contributed by atoms with Gasteiger partial charge in [0, 0.05) is 5.70 Å². The molecule has 0 rings (SSSR count). The summed E-state index contributed by atoms with van der Waals surface area (Å²) in [5.74, 6) is -1.41. The molecule has 42 valence electrons. The third kappa shape index (κ3) is 4.97. The highest BCUT2D eigenvalue weighted by atomic mass is 16.4. The van der Waals surface area contributed by atoms with Gasteiger partial charge in [-0.1, -0.05) is 6.58 Å². The number of nitrogens with two attached hydrogens (primary N) is 1. The molecule has 0 aliphatic carbocycles. The van der Waals surface area contributed by atoms with E-state index in [2.05, 4.69) is 12.3 Å². The van der Waals surface area contributed by atoms with E-state index < -0.39 is 11.7 Å². The fraction of sp³-hybridized carbons (Fsp3) is 0. The molecule has 0 amide bonds. The van der Waals surface area contributed by atoms with Crippen LogP contribution in [0.15, 0.2) is 12.3 Å². The standard InChI is InChI=1S/C3H5NO2.H3N/c1-2(4)3(5)6;/h1,4H2,(H,5,6);1H3. The lowest BCUT2D eigenvalue weighted by atomic mass is 10.5. The summed E-state index contributed by atoms with van der Waals surface area (Å²) in [6.45, 7) is 2.87. The van der Waals surface area contributed by atoms with Gasteiger partial charge in [0.25, 0.3) is 0 Å². The van der Waals surface area contributed by atoms with Crippen molar-refractivity contribution in [1.82, 2.24) is 6.15 Å². The van der Waals surface area contributed by atoms with E-state index >= 15 is 0 Å². The van der Waals surface area contributed by atoms with Gasteiger partial charge in [-0.3, -0.25) is 0 Å². The van der Waals surface area contributed by atoms with Gasteiger partial charge in [-0.2, -0.15) is 0 Å². The maximum Gasteiger partial charge on any atom is 0.0866 e. The summed E-state index contributed by atoms with van der Waals surface area (Å²) in [5.41, 5.74) is 4.14. The molecule has 0 atom stereocenters. The molecule has 6 N–H and O–H groups in total. The highest BCUT2D eigenvalue weighted by Crippen LogP contribution is 1.64. The normalized spacial score (nSPS) is 6.29. The van der Waals surface area contributed by atoms with Gasteiger partial charge >= 0.3 is 0 Å². The summed E-state index contributed by atoms with van der Waals surface area (Å²) in [6.07, 6.45) is 0. The molecule has 0 unspecified atom stereocenters. The minimum atomic E-state index is -1.41. The molecule has 0 saturated heterocycles. The van der Waals surface area contributed by atoms with Gasteiger partial charge in [-0.25, -0.2) is 0 Å². The van der Waals surface area contributed by atoms with Crippen LogP contribution in [0.5, 0.6) is 0 Å². The second kappa shape index (κ2) is 3.17. The number of carbonyl (C=O) groups excluding carboxylic acids is 1. The summed E-state index contributed by atoms with van der Waals surface area (Å²) in [6, 6.07) is 0. The van der Waals surface area contributed by atoms with Gasteiger partial charge < -0.3 is 21.8 Å². The summed E-state index contributed by atoms with van der Waals surface area (Å²) >= 11 is 0. The van der Waals surface area contributed by atoms with Crippen molar-refractivity contribution in [3.8, 4) is 0 Å². The lowest BCUT2D eigenvalue weighted by Gasteiger charge is -1.93. The van der Waals surface area contributed by atoms with Crippen molar-refractivity contribution >= 4 is 5.97 Å². The van der Waals surface area contributed by atoms with Crippen LogP contribution in [0.3, 0.4) is 0 Å². The van der Waals surface area contributed by atoms with Crippen LogP contribution >= 0.6 is 0 Å². The fourth-order valence-electron chi connectivity index (χ4n) is 0. The van der Waals surface area contributed by atoms with Crippen molar-refractivity contribution in [1.29, 1.82) is 0 Å². The molecule has 4 heteroatoms. The smallest absolute Gasteiger partial charge is 0.0866 e. The van der Waals surface area contributed by atoms with Crippen molar-refractivity contribution in [2.45, 2.75) is 0 Å². The molecule has 7 heavy (non-hydrogen) atoms. The Morgan fingerprint density at radius 2 is 1.86 bits per heavy atom. The quantitative estimate of drug-likeness (QED) is 0.399. The third-order valence-corrected chi connectivity index (χ3v) is 0.262. The van der Waals surface area contributed by atoms with Crippen LogP contribution in [0.4, 0.5) is 0 Å². The molecular weight excluding hydrogens is 96.0 g/mol. The molecule has 0 aromatic rings. The molecule has 4 nitrogen and oxygen atoms in total. The number of hydrogen-bond donors (Lipinski definition) is 2. The second-order valence-corrected chi connectivity index (χ2v) is 0.813. The zero-order valence-corrected chi connectivity index (χ0v) is 4.10. The number of carboxylic acids is 1. The van der Waals surface area contributed by atoms with Crippen molar-refractivity contribution < 1.29 is 9.90 Å². The Labute approximate surface area is 41.2 Å². The van der Waals surface area contributed by atoms with E-state index in [-0.39, 0.29) is 6.15 Å². The first-order valence-corrected chi connectivity index (χ1v) is 1.30. The van der Waals surface area contributed by atoms with Gasteiger partial charge in [0.1, 0.15) is 0 Å². The summed E-state index contributed by atoms with van der Waals surface area (Å²) < 4.78 is 0. The van der Waals surface area contributed by atoms with E-state index in [1.807, 2.05) is 0 Å². The molecular formula is C3H8N2O2. The summed E-state index contributed by atoms with van der Waals surface area (Å²) in [5, 5.41) is 9.36. The molecule has 0 heterocycles. The molecule has 0 aromatic heterocycles. The van der Waals surface area contributed by atoms with Crippen LogP contribution in [-0.4, -0.2) is 5.97 Å². The zero-order valence-electron chi connectivity index (χ0n) is 4.10.